The van der Waals surface area contributed by atoms with Crippen molar-refractivity contribution < 1.29 is 14.3 Å². The molecular formula is C24H29NO3. The second-order valence-electron chi connectivity index (χ2n) is 8.14. The number of hydrogen-bond acceptors (Lipinski definition) is 4. The van der Waals surface area contributed by atoms with Crippen LogP contribution in [0.15, 0.2) is 48.5 Å². The summed E-state index contributed by atoms with van der Waals surface area (Å²) in [6.07, 6.45) is 3.69. The number of piperidine rings is 1. The number of rotatable bonds is 6. The van der Waals surface area contributed by atoms with E-state index in [2.05, 4.69) is 35.2 Å². The minimum atomic E-state index is -0.707. The lowest BCUT2D eigenvalue weighted by atomic mass is 9.82. The Bertz CT molecular complexity index is 827. The molecule has 1 aliphatic carbocycles. The number of ketones is 1. The fourth-order valence-electron chi connectivity index (χ4n) is 4.77. The zero-order valence-corrected chi connectivity index (χ0v) is 16.8. The standard InChI is InChI=1S/C24H29NO3/c1-27-21-8-9-22-20(14-21)16-24(28-2,23(22)26)15-18-10-12-25(13-11-18)17-19-6-4-3-5-7-19/h3-9,14,18H,10-13,15-17H2,1-2H3. The smallest absolute Gasteiger partial charge is 0.195 e. The van der Waals surface area contributed by atoms with Gasteiger partial charge in [-0.1, -0.05) is 30.3 Å². The molecule has 1 unspecified atom stereocenters. The quantitative estimate of drug-likeness (QED) is 0.757. The van der Waals surface area contributed by atoms with Crippen LogP contribution >= 0.6 is 0 Å². The molecule has 1 aliphatic heterocycles. The third-order valence-electron chi connectivity index (χ3n) is 6.41. The molecule has 0 N–H and O–H groups in total. The summed E-state index contributed by atoms with van der Waals surface area (Å²) < 4.78 is 11.2. The first-order valence-corrected chi connectivity index (χ1v) is 10.2. The van der Waals surface area contributed by atoms with Gasteiger partial charge in [-0.25, -0.2) is 0 Å². The molecule has 1 saturated heterocycles. The molecule has 2 aromatic carbocycles. The number of ether oxygens (including phenoxy) is 2. The summed E-state index contributed by atoms with van der Waals surface area (Å²) in [4.78, 5) is 15.7. The van der Waals surface area contributed by atoms with Crippen LogP contribution in [0.4, 0.5) is 0 Å². The maximum absolute atomic E-state index is 13.2. The summed E-state index contributed by atoms with van der Waals surface area (Å²) in [6.45, 7) is 3.16. The van der Waals surface area contributed by atoms with Crippen LogP contribution in [-0.2, 0) is 17.7 Å². The van der Waals surface area contributed by atoms with Crippen molar-refractivity contribution in [1.29, 1.82) is 0 Å². The molecule has 2 aromatic rings. The lowest BCUT2D eigenvalue weighted by Crippen LogP contribution is -2.43. The molecule has 0 bridgehead atoms. The van der Waals surface area contributed by atoms with Gasteiger partial charge in [-0.15, -0.1) is 0 Å². The van der Waals surface area contributed by atoms with Crippen LogP contribution in [0.25, 0.3) is 0 Å². The van der Waals surface area contributed by atoms with Crippen LogP contribution in [0.3, 0.4) is 0 Å². The predicted molar refractivity (Wildman–Crippen MR) is 110 cm³/mol. The maximum atomic E-state index is 13.2. The summed E-state index contributed by atoms with van der Waals surface area (Å²) in [7, 11) is 3.34. The Kier molecular flexibility index (Phi) is 5.51. The molecule has 0 radical (unpaired) electrons. The third-order valence-corrected chi connectivity index (χ3v) is 6.41. The number of Topliss-reactive ketones (excluding diaryl/α,β-unsaturated/α-hetero) is 1. The Balaban J connectivity index is 1.39. The number of carbonyl (C=O) groups excluding carboxylic acids is 1. The van der Waals surface area contributed by atoms with Crippen molar-refractivity contribution in [3.05, 3.63) is 65.2 Å². The third kappa shape index (κ3) is 3.71. The van der Waals surface area contributed by atoms with Gasteiger partial charge < -0.3 is 9.47 Å². The number of nitrogens with zero attached hydrogens (tertiary/aromatic N) is 1. The molecule has 1 fully saturated rings. The number of fused-ring (bicyclic) bond motifs is 1. The van der Waals surface area contributed by atoms with Gasteiger partial charge >= 0.3 is 0 Å². The van der Waals surface area contributed by atoms with E-state index < -0.39 is 5.60 Å². The topological polar surface area (TPSA) is 38.8 Å². The highest BCUT2D eigenvalue weighted by Gasteiger charge is 2.47. The van der Waals surface area contributed by atoms with E-state index in [0.29, 0.717) is 12.3 Å². The first kappa shape index (κ1) is 19.2. The lowest BCUT2D eigenvalue weighted by Gasteiger charge is -2.36. The van der Waals surface area contributed by atoms with Gasteiger partial charge in [-0.3, -0.25) is 9.69 Å². The molecule has 148 valence electrons. The van der Waals surface area contributed by atoms with Crippen LogP contribution in [-0.4, -0.2) is 43.6 Å². The Morgan fingerprint density at radius 3 is 2.50 bits per heavy atom. The second-order valence-corrected chi connectivity index (χ2v) is 8.14. The summed E-state index contributed by atoms with van der Waals surface area (Å²) in [6, 6.07) is 16.4. The normalized spacial score (nSPS) is 23.0. The Morgan fingerprint density at radius 1 is 1.07 bits per heavy atom. The largest absolute Gasteiger partial charge is 0.497 e. The molecule has 2 aliphatic rings. The average molecular weight is 380 g/mol. The van der Waals surface area contributed by atoms with Crippen LogP contribution < -0.4 is 4.74 Å². The van der Waals surface area contributed by atoms with Crippen LogP contribution in [0, 0.1) is 5.92 Å². The summed E-state index contributed by atoms with van der Waals surface area (Å²) in [5.74, 6) is 1.46. The van der Waals surface area contributed by atoms with Crippen LogP contribution in [0.1, 0.15) is 40.7 Å². The molecule has 28 heavy (non-hydrogen) atoms. The fraction of sp³-hybridized carbons (Fsp3) is 0.458. The average Bonchev–Trinajstić information content (AvgIpc) is 3.01. The monoisotopic (exact) mass is 379 g/mol. The number of hydrogen-bond donors (Lipinski definition) is 0. The zero-order valence-electron chi connectivity index (χ0n) is 16.8. The SMILES string of the molecule is COc1ccc2c(c1)CC(CC1CCN(Cc3ccccc3)CC1)(OC)C2=O. The van der Waals surface area contributed by atoms with E-state index in [0.717, 1.165) is 55.8 Å². The zero-order chi connectivity index (χ0) is 19.6. The number of likely N-dealkylation sites (tertiary alicyclic amines) is 1. The number of methoxy groups -OCH3 is 2. The predicted octanol–water partition coefficient (Wildman–Crippen LogP) is 4.12. The van der Waals surface area contributed by atoms with Gasteiger partial charge in [0, 0.05) is 25.6 Å². The highest BCUT2D eigenvalue weighted by atomic mass is 16.5. The van der Waals surface area contributed by atoms with E-state index in [4.69, 9.17) is 9.47 Å². The molecule has 4 heteroatoms. The number of benzene rings is 2. The van der Waals surface area contributed by atoms with Gasteiger partial charge in [-0.05, 0) is 67.6 Å². The number of carbonyl (C=O) groups is 1. The van der Waals surface area contributed by atoms with E-state index in [1.54, 1.807) is 14.2 Å². The molecule has 1 heterocycles. The lowest BCUT2D eigenvalue weighted by molar-refractivity contribution is -0.0132. The van der Waals surface area contributed by atoms with Crippen molar-refractivity contribution in [2.75, 3.05) is 27.3 Å². The van der Waals surface area contributed by atoms with Gasteiger partial charge in [0.05, 0.1) is 7.11 Å². The van der Waals surface area contributed by atoms with Crippen LogP contribution in [0.2, 0.25) is 0 Å². The molecule has 4 nitrogen and oxygen atoms in total. The highest BCUT2D eigenvalue weighted by molar-refractivity contribution is 6.07. The van der Waals surface area contributed by atoms with E-state index in [9.17, 15) is 4.79 Å². The molecule has 4 rings (SSSR count). The molecule has 1 atom stereocenters. The molecule has 0 spiro atoms. The molecule has 0 saturated carbocycles. The maximum Gasteiger partial charge on any atom is 0.195 e. The Morgan fingerprint density at radius 2 is 1.82 bits per heavy atom. The minimum absolute atomic E-state index is 0.138. The van der Waals surface area contributed by atoms with E-state index in [-0.39, 0.29) is 5.78 Å². The van der Waals surface area contributed by atoms with Gasteiger partial charge in [0.1, 0.15) is 11.4 Å². The van der Waals surface area contributed by atoms with Crippen molar-refractivity contribution in [1.82, 2.24) is 4.90 Å². The van der Waals surface area contributed by atoms with Gasteiger partial charge in [-0.2, -0.15) is 0 Å². The van der Waals surface area contributed by atoms with Gasteiger partial charge in [0.2, 0.25) is 0 Å². The van der Waals surface area contributed by atoms with Crippen molar-refractivity contribution in [2.24, 2.45) is 5.92 Å². The van der Waals surface area contributed by atoms with Crippen LogP contribution in [0.5, 0.6) is 5.75 Å². The minimum Gasteiger partial charge on any atom is -0.497 e. The Labute approximate surface area is 167 Å². The summed E-state index contributed by atoms with van der Waals surface area (Å²) in [5, 5.41) is 0. The summed E-state index contributed by atoms with van der Waals surface area (Å²) >= 11 is 0. The molecule has 0 amide bonds. The highest BCUT2D eigenvalue weighted by Crippen LogP contribution is 2.40. The van der Waals surface area contributed by atoms with Crippen molar-refractivity contribution in [2.45, 2.75) is 37.8 Å². The van der Waals surface area contributed by atoms with Gasteiger partial charge in [0.25, 0.3) is 0 Å². The Hall–Kier alpha value is -2.17. The van der Waals surface area contributed by atoms with E-state index in [1.165, 1.54) is 5.56 Å². The van der Waals surface area contributed by atoms with Crippen molar-refractivity contribution in [3.63, 3.8) is 0 Å². The fourth-order valence-corrected chi connectivity index (χ4v) is 4.77. The molecular weight excluding hydrogens is 350 g/mol. The first-order valence-electron chi connectivity index (χ1n) is 10.2. The second kappa shape index (κ2) is 8.06. The summed E-state index contributed by atoms with van der Waals surface area (Å²) in [5.41, 5.74) is 2.50. The van der Waals surface area contributed by atoms with E-state index in [1.807, 2.05) is 18.2 Å². The van der Waals surface area contributed by atoms with E-state index >= 15 is 0 Å². The van der Waals surface area contributed by atoms with Gasteiger partial charge in [0.15, 0.2) is 5.78 Å². The van der Waals surface area contributed by atoms with Crippen molar-refractivity contribution in [3.8, 4) is 5.75 Å². The molecule has 0 aromatic heterocycles. The first-order chi connectivity index (χ1) is 13.6. The van der Waals surface area contributed by atoms with Crippen molar-refractivity contribution >= 4 is 5.78 Å².